The summed E-state index contributed by atoms with van der Waals surface area (Å²) in [5, 5.41) is 0. The maximum Gasteiger partial charge on any atom is 0.102 e. The summed E-state index contributed by atoms with van der Waals surface area (Å²) in [5.41, 5.74) is 1.41. The van der Waals surface area contributed by atoms with Crippen LogP contribution < -0.4 is 29.7 Å². The number of benzene rings is 1. The van der Waals surface area contributed by atoms with E-state index < -0.39 is 0 Å². The number of nitrogens with one attached hydrogen (secondary N) is 1. The molecule has 0 saturated carbocycles. The summed E-state index contributed by atoms with van der Waals surface area (Å²) in [5.74, 6) is 0. The number of halogens is 2. The topological polar surface area (TPSA) is 4.44 Å². The highest BCUT2D eigenvalue weighted by atomic mass is 35.5. The van der Waals surface area contributed by atoms with Crippen molar-refractivity contribution in [3.05, 3.63) is 35.9 Å². The Bertz CT molecular complexity index is 187. The summed E-state index contributed by atoms with van der Waals surface area (Å²) in [4.78, 5) is 1.46. The second-order valence-corrected chi connectivity index (χ2v) is 2.87. The Morgan fingerprint density at radius 3 is 1.92 bits per heavy atom. The lowest BCUT2D eigenvalue weighted by molar-refractivity contribution is -0.872. The monoisotopic (exact) mass is 206 g/mol. The van der Waals surface area contributed by atoms with Crippen molar-refractivity contribution in [2.45, 2.75) is 6.54 Å². The first-order chi connectivity index (χ1) is 4.79. The van der Waals surface area contributed by atoms with Gasteiger partial charge in [0.05, 0.1) is 14.1 Å². The van der Waals surface area contributed by atoms with Crippen molar-refractivity contribution in [3.63, 3.8) is 0 Å². The highest BCUT2D eigenvalue weighted by Crippen LogP contribution is 1.94. The first kappa shape index (κ1) is 14.3. The maximum atomic E-state index is 2.16. The van der Waals surface area contributed by atoms with Crippen LogP contribution in [0, 0.1) is 0 Å². The molecule has 0 aliphatic heterocycles. The highest BCUT2D eigenvalue weighted by Gasteiger charge is 1.93. The third kappa shape index (κ3) is 5.42. The van der Waals surface area contributed by atoms with Crippen LogP contribution in [-0.2, 0) is 6.54 Å². The van der Waals surface area contributed by atoms with Gasteiger partial charge in [0.2, 0.25) is 0 Å². The van der Waals surface area contributed by atoms with Gasteiger partial charge in [0.15, 0.2) is 0 Å². The average molecular weight is 207 g/mol. The molecule has 0 spiro atoms. The highest BCUT2D eigenvalue weighted by molar-refractivity contribution is 5.12. The van der Waals surface area contributed by atoms with Crippen LogP contribution in [-0.4, -0.2) is 14.1 Å². The molecule has 0 aromatic heterocycles. The third-order valence-corrected chi connectivity index (χ3v) is 1.40. The number of hydrogen-bond donors (Lipinski definition) is 1. The van der Waals surface area contributed by atoms with Crippen LogP contribution in [0.4, 0.5) is 0 Å². The van der Waals surface area contributed by atoms with E-state index in [2.05, 4.69) is 44.4 Å². The summed E-state index contributed by atoms with van der Waals surface area (Å²) in [6.07, 6.45) is 0. The van der Waals surface area contributed by atoms with Crippen molar-refractivity contribution in [1.29, 1.82) is 0 Å². The fourth-order valence-corrected chi connectivity index (χ4v) is 1.00. The van der Waals surface area contributed by atoms with Gasteiger partial charge in [-0.1, -0.05) is 30.3 Å². The Labute approximate surface area is 86.6 Å². The lowest BCUT2D eigenvalue weighted by Gasteiger charge is -2.05. The van der Waals surface area contributed by atoms with E-state index in [1.807, 2.05) is 0 Å². The van der Waals surface area contributed by atoms with Crippen LogP contribution in [0.15, 0.2) is 30.3 Å². The molecule has 0 amide bonds. The molecule has 1 nitrogen and oxygen atoms in total. The van der Waals surface area contributed by atoms with Crippen molar-refractivity contribution in [2.24, 2.45) is 0 Å². The summed E-state index contributed by atoms with van der Waals surface area (Å²) >= 11 is 0. The van der Waals surface area contributed by atoms with Crippen LogP contribution in [0.5, 0.6) is 0 Å². The van der Waals surface area contributed by atoms with Crippen LogP contribution in [0.3, 0.4) is 0 Å². The molecule has 12 heavy (non-hydrogen) atoms. The minimum Gasteiger partial charge on any atom is -1.00 e. The van der Waals surface area contributed by atoms with Gasteiger partial charge in [-0.2, -0.15) is 0 Å². The Hall–Kier alpha value is -0.240. The van der Waals surface area contributed by atoms with Gasteiger partial charge in [0.25, 0.3) is 0 Å². The fraction of sp³-hybridized carbons (Fsp3) is 0.333. The van der Waals surface area contributed by atoms with Crippen molar-refractivity contribution in [2.75, 3.05) is 14.1 Å². The van der Waals surface area contributed by atoms with Gasteiger partial charge >= 0.3 is 0 Å². The lowest BCUT2D eigenvalue weighted by atomic mass is 10.2. The quantitative estimate of drug-likeness (QED) is 0.493. The fourth-order valence-electron chi connectivity index (χ4n) is 1.00. The molecule has 0 aliphatic carbocycles. The van der Waals surface area contributed by atoms with E-state index in [-0.39, 0.29) is 24.8 Å². The molecular weight excluding hydrogens is 193 g/mol. The van der Waals surface area contributed by atoms with E-state index in [1.165, 1.54) is 10.5 Å². The molecule has 70 valence electrons. The summed E-state index contributed by atoms with van der Waals surface area (Å²) in [7, 11) is 4.32. The predicted octanol–water partition coefficient (Wildman–Crippen LogP) is -5.66. The lowest BCUT2D eigenvalue weighted by Crippen LogP contribution is -3.04. The molecule has 0 unspecified atom stereocenters. The Balaban J connectivity index is 0. The zero-order chi connectivity index (χ0) is 7.40. The summed E-state index contributed by atoms with van der Waals surface area (Å²) < 4.78 is 0. The summed E-state index contributed by atoms with van der Waals surface area (Å²) in [6.45, 7) is 1.11. The zero-order valence-electron chi connectivity index (χ0n) is 7.35. The molecule has 0 aliphatic rings. The van der Waals surface area contributed by atoms with Crippen molar-refractivity contribution in [1.82, 2.24) is 0 Å². The van der Waals surface area contributed by atoms with Gasteiger partial charge in [-0.15, -0.1) is 0 Å². The molecule has 0 saturated heterocycles. The van der Waals surface area contributed by atoms with E-state index in [1.54, 1.807) is 0 Å². The third-order valence-electron chi connectivity index (χ3n) is 1.40. The zero-order valence-corrected chi connectivity index (χ0v) is 8.86. The standard InChI is InChI=1S/C9H13N.2ClH/c1-10(2)8-9-6-4-3-5-7-9;;/h3-7H,8H2,1-2H3;2*1H/p-1. The molecule has 1 aromatic carbocycles. The van der Waals surface area contributed by atoms with Gasteiger partial charge in [-0.3, -0.25) is 0 Å². The predicted molar refractivity (Wildman–Crippen MR) is 43.0 cm³/mol. The number of rotatable bonds is 2. The molecule has 0 bridgehead atoms. The first-order valence-electron chi connectivity index (χ1n) is 3.62. The molecule has 0 heterocycles. The van der Waals surface area contributed by atoms with Gasteiger partial charge < -0.3 is 29.7 Å². The normalized spacial score (nSPS) is 8.58. The average Bonchev–Trinajstić information content (AvgIpc) is 1.88. The molecule has 3 heteroatoms. The van der Waals surface area contributed by atoms with Gasteiger partial charge in [-0.05, 0) is 0 Å². The first-order valence-corrected chi connectivity index (χ1v) is 3.62. The minimum absolute atomic E-state index is 0. The molecule has 1 rings (SSSR count). The van der Waals surface area contributed by atoms with Gasteiger partial charge in [-0.25, -0.2) is 0 Å². The summed E-state index contributed by atoms with van der Waals surface area (Å²) in [6, 6.07) is 10.5. The second-order valence-electron chi connectivity index (χ2n) is 2.87. The van der Waals surface area contributed by atoms with Crippen molar-refractivity contribution >= 4 is 0 Å². The number of quaternary nitrogens is 1. The molecule has 0 atom stereocenters. The largest absolute Gasteiger partial charge is 1.00 e. The van der Waals surface area contributed by atoms with Gasteiger partial charge in [0, 0.05) is 5.56 Å². The SMILES string of the molecule is C[NH+](C)Cc1ccccc1.[Cl-].[Cl-]. The molecular formula is C9H14Cl2N-. The molecule has 0 radical (unpaired) electrons. The minimum atomic E-state index is 0. The van der Waals surface area contributed by atoms with Crippen LogP contribution in [0.2, 0.25) is 0 Å². The maximum absolute atomic E-state index is 2.16. The second kappa shape index (κ2) is 7.41. The van der Waals surface area contributed by atoms with Crippen LogP contribution in [0.1, 0.15) is 5.56 Å². The van der Waals surface area contributed by atoms with E-state index in [0.717, 1.165) is 6.54 Å². The number of hydrogen-bond acceptors (Lipinski definition) is 0. The molecule has 1 aromatic rings. The van der Waals surface area contributed by atoms with E-state index in [0.29, 0.717) is 0 Å². The molecule has 0 fully saturated rings. The van der Waals surface area contributed by atoms with Crippen molar-refractivity contribution in [3.8, 4) is 0 Å². The van der Waals surface area contributed by atoms with E-state index >= 15 is 0 Å². The Morgan fingerprint density at radius 1 is 1.00 bits per heavy atom. The van der Waals surface area contributed by atoms with Crippen molar-refractivity contribution < 1.29 is 29.7 Å². The van der Waals surface area contributed by atoms with E-state index in [9.17, 15) is 0 Å². The smallest absolute Gasteiger partial charge is 0.102 e. The Kier molecular flexibility index (Phi) is 8.83. The van der Waals surface area contributed by atoms with Crippen LogP contribution >= 0.6 is 0 Å². The van der Waals surface area contributed by atoms with Crippen LogP contribution in [0.25, 0.3) is 0 Å². The molecule has 1 N–H and O–H groups in total. The Morgan fingerprint density at radius 2 is 1.50 bits per heavy atom. The van der Waals surface area contributed by atoms with Gasteiger partial charge in [0.1, 0.15) is 6.54 Å². The van der Waals surface area contributed by atoms with E-state index in [4.69, 9.17) is 0 Å².